The maximum Gasteiger partial charge on any atom is 0.273 e. The van der Waals surface area contributed by atoms with Crippen LogP contribution in [0.4, 0.5) is 11.4 Å². The molecule has 0 bridgehead atoms. The largest absolute Gasteiger partial charge is 0.496 e. The zero-order valence-corrected chi connectivity index (χ0v) is 10.5. The van der Waals surface area contributed by atoms with Crippen molar-refractivity contribution >= 4 is 11.4 Å². The minimum atomic E-state index is -0.422. The fourth-order valence-corrected chi connectivity index (χ4v) is 1.73. The summed E-state index contributed by atoms with van der Waals surface area (Å²) in [5, 5.41) is 14.0. The van der Waals surface area contributed by atoms with Crippen LogP contribution in [0.5, 0.6) is 5.75 Å². The van der Waals surface area contributed by atoms with Gasteiger partial charge in [0.1, 0.15) is 5.75 Å². The fraction of sp³-hybridized carbons (Fsp3) is 0.143. The molecule has 5 nitrogen and oxygen atoms in total. The predicted molar refractivity (Wildman–Crippen MR) is 73.4 cm³/mol. The van der Waals surface area contributed by atoms with Crippen LogP contribution in [0, 0.1) is 10.1 Å². The summed E-state index contributed by atoms with van der Waals surface area (Å²) in [7, 11) is 1.49. The highest BCUT2D eigenvalue weighted by atomic mass is 16.6. The van der Waals surface area contributed by atoms with Crippen molar-refractivity contribution < 1.29 is 9.66 Å². The minimum Gasteiger partial charge on any atom is -0.496 e. The second kappa shape index (κ2) is 5.86. The number of ether oxygens (including phenoxy) is 1. The van der Waals surface area contributed by atoms with Crippen LogP contribution in [0.1, 0.15) is 5.56 Å². The maximum absolute atomic E-state index is 10.8. The van der Waals surface area contributed by atoms with Crippen LogP contribution < -0.4 is 10.1 Å². The van der Waals surface area contributed by atoms with E-state index in [4.69, 9.17) is 4.74 Å². The number of anilines is 1. The van der Waals surface area contributed by atoms with Gasteiger partial charge in [0.05, 0.1) is 18.1 Å². The number of para-hydroxylation sites is 1. The first-order chi connectivity index (χ1) is 9.19. The van der Waals surface area contributed by atoms with Gasteiger partial charge in [-0.3, -0.25) is 10.1 Å². The third-order valence-electron chi connectivity index (χ3n) is 2.67. The number of nitro benzene ring substituents is 1. The van der Waals surface area contributed by atoms with Gasteiger partial charge in [0.25, 0.3) is 5.69 Å². The molecule has 0 aliphatic carbocycles. The maximum atomic E-state index is 10.8. The van der Waals surface area contributed by atoms with Crippen molar-refractivity contribution in [2.45, 2.75) is 6.54 Å². The second-order valence-electron chi connectivity index (χ2n) is 4.02. The molecular weight excluding hydrogens is 244 g/mol. The number of methoxy groups -OCH3 is 1. The molecule has 2 aromatic rings. The van der Waals surface area contributed by atoms with Crippen molar-refractivity contribution in [3.63, 3.8) is 0 Å². The van der Waals surface area contributed by atoms with E-state index < -0.39 is 4.92 Å². The van der Waals surface area contributed by atoms with E-state index in [1.165, 1.54) is 13.2 Å². The van der Waals surface area contributed by atoms with Gasteiger partial charge in [0, 0.05) is 18.3 Å². The lowest BCUT2D eigenvalue weighted by atomic mass is 10.2. The molecule has 0 heterocycles. The molecule has 1 N–H and O–H groups in total. The Morgan fingerprint density at radius 2 is 1.95 bits per heavy atom. The SMILES string of the molecule is COc1cc(CNc2ccccc2)cc([N+](=O)[O-])c1. The van der Waals surface area contributed by atoms with E-state index in [0.29, 0.717) is 12.3 Å². The van der Waals surface area contributed by atoms with Gasteiger partial charge < -0.3 is 10.1 Å². The fourth-order valence-electron chi connectivity index (χ4n) is 1.73. The van der Waals surface area contributed by atoms with Gasteiger partial charge in [-0.05, 0) is 23.8 Å². The quantitative estimate of drug-likeness (QED) is 0.660. The van der Waals surface area contributed by atoms with Crippen molar-refractivity contribution in [3.8, 4) is 5.75 Å². The van der Waals surface area contributed by atoms with E-state index in [0.717, 1.165) is 11.3 Å². The number of nitro groups is 1. The predicted octanol–water partition coefficient (Wildman–Crippen LogP) is 3.22. The van der Waals surface area contributed by atoms with E-state index >= 15 is 0 Å². The Labute approximate surface area is 111 Å². The first kappa shape index (κ1) is 12.9. The third-order valence-corrected chi connectivity index (χ3v) is 2.67. The molecule has 0 fully saturated rings. The summed E-state index contributed by atoms with van der Waals surface area (Å²) in [6.45, 7) is 0.502. The van der Waals surface area contributed by atoms with Crippen LogP contribution >= 0.6 is 0 Å². The number of nitrogens with zero attached hydrogens (tertiary/aromatic N) is 1. The van der Waals surface area contributed by atoms with Crippen molar-refractivity contribution in [3.05, 3.63) is 64.2 Å². The summed E-state index contributed by atoms with van der Waals surface area (Å²) in [5.74, 6) is 0.485. The molecule has 0 atom stereocenters. The Kier molecular flexibility index (Phi) is 3.97. The summed E-state index contributed by atoms with van der Waals surface area (Å²) in [6, 6.07) is 14.4. The standard InChI is InChI=1S/C14H14N2O3/c1-19-14-8-11(7-13(9-14)16(17)18)10-15-12-5-3-2-4-6-12/h2-9,15H,10H2,1H3. The van der Waals surface area contributed by atoms with Gasteiger partial charge >= 0.3 is 0 Å². The molecule has 0 aromatic heterocycles. The molecule has 2 rings (SSSR count). The van der Waals surface area contributed by atoms with Crippen molar-refractivity contribution in [2.75, 3.05) is 12.4 Å². The van der Waals surface area contributed by atoms with E-state index in [9.17, 15) is 10.1 Å². The highest BCUT2D eigenvalue weighted by Crippen LogP contribution is 2.23. The van der Waals surface area contributed by atoms with Gasteiger partial charge in [0.15, 0.2) is 0 Å². The van der Waals surface area contributed by atoms with Crippen molar-refractivity contribution in [1.29, 1.82) is 0 Å². The summed E-state index contributed by atoms with van der Waals surface area (Å²) in [5.41, 5.74) is 1.80. The highest BCUT2D eigenvalue weighted by Gasteiger charge is 2.09. The second-order valence-corrected chi connectivity index (χ2v) is 4.02. The first-order valence-corrected chi connectivity index (χ1v) is 5.80. The molecule has 5 heteroatoms. The molecule has 0 saturated carbocycles. The molecule has 0 spiro atoms. The van der Waals surface area contributed by atoms with Gasteiger partial charge in [-0.2, -0.15) is 0 Å². The minimum absolute atomic E-state index is 0.0317. The molecule has 98 valence electrons. The van der Waals surface area contributed by atoms with Gasteiger partial charge in [-0.1, -0.05) is 18.2 Å². The Morgan fingerprint density at radius 3 is 2.58 bits per heavy atom. The first-order valence-electron chi connectivity index (χ1n) is 5.80. The summed E-state index contributed by atoms with van der Waals surface area (Å²) in [6.07, 6.45) is 0. The van der Waals surface area contributed by atoms with E-state index in [1.807, 2.05) is 30.3 Å². The zero-order valence-electron chi connectivity index (χ0n) is 10.5. The van der Waals surface area contributed by atoms with Crippen LogP contribution in [-0.4, -0.2) is 12.0 Å². The number of non-ortho nitro benzene ring substituents is 1. The number of nitrogens with one attached hydrogen (secondary N) is 1. The summed E-state index contributed by atoms with van der Waals surface area (Å²) in [4.78, 5) is 10.4. The average molecular weight is 258 g/mol. The van der Waals surface area contributed by atoms with Crippen LogP contribution in [0.2, 0.25) is 0 Å². The normalized spacial score (nSPS) is 9.95. The molecule has 0 unspecified atom stereocenters. The number of hydrogen-bond donors (Lipinski definition) is 1. The lowest BCUT2D eigenvalue weighted by Crippen LogP contribution is -2.01. The zero-order chi connectivity index (χ0) is 13.7. The molecule has 0 saturated heterocycles. The molecule has 0 amide bonds. The Balaban J connectivity index is 2.15. The van der Waals surface area contributed by atoms with Crippen LogP contribution in [0.25, 0.3) is 0 Å². The summed E-state index contributed by atoms with van der Waals surface area (Å²) < 4.78 is 5.07. The molecule has 0 aliphatic heterocycles. The molecular formula is C14H14N2O3. The van der Waals surface area contributed by atoms with Gasteiger partial charge in [-0.15, -0.1) is 0 Å². The van der Waals surface area contributed by atoms with Crippen LogP contribution in [0.3, 0.4) is 0 Å². The Hall–Kier alpha value is -2.56. The van der Waals surface area contributed by atoms with Crippen molar-refractivity contribution in [2.24, 2.45) is 0 Å². The Bertz CT molecular complexity index is 570. The monoisotopic (exact) mass is 258 g/mol. The van der Waals surface area contributed by atoms with Gasteiger partial charge in [-0.25, -0.2) is 0 Å². The lowest BCUT2D eigenvalue weighted by molar-refractivity contribution is -0.385. The van der Waals surface area contributed by atoms with Crippen LogP contribution in [-0.2, 0) is 6.54 Å². The van der Waals surface area contributed by atoms with E-state index in [1.54, 1.807) is 12.1 Å². The van der Waals surface area contributed by atoms with E-state index in [2.05, 4.69) is 5.32 Å². The third kappa shape index (κ3) is 3.45. The van der Waals surface area contributed by atoms with Crippen LogP contribution in [0.15, 0.2) is 48.5 Å². The number of rotatable bonds is 5. The van der Waals surface area contributed by atoms with E-state index in [-0.39, 0.29) is 5.69 Å². The highest BCUT2D eigenvalue weighted by molar-refractivity contribution is 5.46. The smallest absolute Gasteiger partial charge is 0.273 e. The number of hydrogen-bond acceptors (Lipinski definition) is 4. The molecule has 0 aliphatic rings. The molecule has 2 aromatic carbocycles. The summed E-state index contributed by atoms with van der Waals surface area (Å²) >= 11 is 0. The average Bonchev–Trinajstić information content (AvgIpc) is 2.45. The lowest BCUT2D eigenvalue weighted by Gasteiger charge is -2.08. The topological polar surface area (TPSA) is 64.4 Å². The Morgan fingerprint density at radius 1 is 1.21 bits per heavy atom. The van der Waals surface area contributed by atoms with Gasteiger partial charge in [0.2, 0.25) is 0 Å². The molecule has 0 radical (unpaired) electrons. The molecule has 19 heavy (non-hydrogen) atoms. The number of benzene rings is 2. The van der Waals surface area contributed by atoms with Crippen molar-refractivity contribution in [1.82, 2.24) is 0 Å².